The minimum atomic E-state index is -4.57. The van der Waals surface area contributed by atoms with Crippen LogP contribution < -0.4 is 10.6 Å². The zero-order valence-electron chi connectivity index (χ0n) is 14.9. The normalized spacial score (nSPS) is 11.3. The van der Waals surface area contributed by atoms with Crippen LogP contribution in [0.1, 0.15) is 26.3 Å². The Morgan fingerprint density at radius 3 is 2.04 bits per heavy atom. The number of para-hydroxylation sites is 1. The van der Waals surface area contributed by atoms with Gasteiger partial charge in [0.15, 0.2) is 0 Å². The molecule has 0 fully saturated rings. The summed E-state index contributed by atoms with van der Waals surface area (Å²) in [5.41, 5.74) is -0.728. The van der Waals surface area contributed by atoms with E-state index in [1.54, 1.807) is 0 Å². The lowest BCUT2D eigenvalue weighted by atomic mass is 10.1. The number of nitrogens with one attached hydrogen (secondary N) is 2. The Bertz CT molecular complexity index is 803. The molecule has 27 heavy (non-hydrogen) atoms. The molecular formula is C19H20F3N3O2. The van der Waals surface area contributed by atoms with Crippen LogP contribution in [0, 0.1) is 0 Å². The summed E-state index contributed by atoms with van der Waals surface area (Å²) in [6.07, 6.45) is -4.57. The summed E-state index contributed by atoms with van der Waals surface area (Å²) in [5.74, 6) is -0.975. The van der Waals surface area contributed by atoms with Crippen molar-refractivity contribution in [1.29, 1.82) is 0 Å². The lowest BCUT2D eigenvalue weighted by molar-refractivity contribution is -0.136. The first-order valence-electron chi connectivity index (χ1n) is 8.19. The van der Waals surface area contributed by atoms with E-state index in [0.717, 1.165) is 6.07 Å². The summed E-state index contributed by atoms with van der Waals surface area (Å²) in [6.45, 7) is 1.16. The smallest absolute Gasteiger partial charge is 0.351 e. The van der Waals surface area contributed by atoms with Crippen molar-refractivity contribution in [1.82, 2.24) is 10.2 Å². The average Bonchev–Trinajstić information content (AvgIpc) is 2.61. The van der Waals surface area contributed by atoms with Crippen molar-refractivity contribution in [3.63, 3.8) is 0 Å². The molecule has 0 aromatic heterocycles. The van der Waals surface area contributed by atoms with Crippen LogP contribution in [0.25, 0.3) is 0 Å². The molecule has 0 unspecified atom stereocenters. The maximum Gasteiger partial charge on any atom is 0.418 e. The Kier molecular flexibility index (Phi) is 6.57. The Morgan fingerprint density at radius 1 is 0.926 bits per heavy atom. The number of halogens is 3. The van der Waals surface area contributed by atoms with Gasteiger partial charge in [0.1, 0.15) is 0 Å². The molecule has 0 heterocycles. The minimum absolute atomic E-state index is 0.150. The van der Waals surface area contributed by atoms with Crippen LogP contribution in [0.15, 0.2) is 48.5 Å². The third-order valence-electron chi connectivity index (χ3n) is 3.73. The van der Waals surface area contributed by atoms with Crippen LogP contribution >= 0.6 is 0 Å². The van der Waals surface area contributed by atoms with Crippen molar-refractivity contribution in [2.45, 2.75) is 6.18 Å². The molecule has 0 saturated carbocycles. The van der Waals surface area contributed by atoms with E-state index in [2.05, 4.69) is 10.6 Å². The van der Waals surface area contributed by atoms with E-state index in [0.29, 0.717) is 18.7 Å². The number of benzene rings is 2. The number of carbonyl (C=O) groups excluding carboxylic acids is 2. The van der Waals surface area contributed by atoms with Crippen molar-refractivity contribution in [3.8, 4) is 0 Å². The van der Waals surface area contributed by atoms with Crippen molar-refractivity contribution < 1.29 is 22.8 Å². The van der Waals surface area contributed by atoms with Gasteiger partial charge < -0.3 is 15.5 Å². The first kappa shape index (κ1) is 20.4. The van der Waals surface area contributed by atoms with Crippen LogP contribution in [-0.4, -0.2) is 43.9 Å². The predicted octanol–water partition coefficient (Wildman–Crippen LogP) is 3.25. The van der Waals surface area contributed by atoms with Crippen molar-refractivity contribution >= 4 is 17.5 Å². The summed E-state index contributed by atoms with van der Waals surface area (Å²) < 4.78 is 39.0. The van der Waals surface area contributed by atoms with Crippen LogP contribution in [0.5, 0.6) is 0 Å². The molecule has 0 atom stereocenters. The topological polar surface area (TPSA) is 61.4 Å². The number of likely N-dealkylation sites (N-methyl/N-ethyl adjacent to an activating group) is 1. The highest BCUT2D eigenvalue weighted by Crippen LogP contribution is 2.34. The van der Waals surface area contributed by atoms with Crippen LogP contribution in [0.4, 0.5) is 18.9 Å². The maximum atomic E-state index is 13.0. The van der Waals surface area contributed by atoms with E-state index in [9.17, 15) is 22.8 Å². The summed E-state index contributed by atoms with van der Waals surface area (Å²) in [7, 11) is 3.77. The van der Waals surface area contributed by atoms with Gasteiger partial charge in [-0.2, -0.15) is 13.2 Å². The molecule has 0 spiro atoms. The molecule has 144 valence electrons. The molecule has 0 aliphatic carbocycles. The molecular weight excluding hydrogens is 359 g/mol. The monoisotopic (exact) mass is 379 g/mol. The van der Waals surface area contributed by atoms with Gasteiger partial charge in [0.2, 0.25) is 0 Å². The van der Waals surface area contributed by atoms with Gasteiger partial charge in [-0.1, -0.05) is 12.1 Å². The number of amides is 2. The third-order valence-corrected chi connectivity index (χ3v) is 3.73. The number of hydrogen-bond acceptors (Lipinski definition) is 3. The lowest BCUT2D eigenvalue weighted by Crippen LogP contribution is -2.31. The first-order chi connectivity index (χ1) is 12.7. The van der Waals surface area contributed by atoms with E-state index in [4.69, 9.17) is 0 Å². The third kappa shape index (κ3) is 5.82. The van der Waals surface area contributed by atoms with E-state index in [1.165, 1.54) is 42.5 Å². The van der Waals surface area contributed by atoms with Crippen LogP contribution in [0.3, 0.4) is 0 Å². The molecule has 0 radical (unpaired) electrons. The standard InChI is InChI=1S/C19H20F3N3O2/c1-25(2)12-11-23-17(26)13-7-9-14(10-8-13)18(27)24-16-6-4-3-5-15(16)19(20,21)22/h3-10H,11-12H2,1-2H3,(H,23,26)(H,24,27). The maximum absolute atomic E-state index is 13.0. The number of anilines is 1. The Morgan fingerprint density at radius 2 is 1.48 bits per heavy atom. The number of carbonyl (C=O) groups is 2. The number of nitrogens with zero attached hydrogens (tertiary/aromatic N) is 1. The fourth-order valence-corrected chi connectivity index (χ4v) is 2.30. The Balaban J connectivity index is 2.05. The van der Waals surface area contributed by atoms with Gasteiger partial charge in [-0.15, -0.1) is 0 Å². The molecule has 2 aromatic carbocycles. The molecule has 0 saturated heterocycles. The fraction of sp³-hybridized carbons (Fsp3) is 0.263. The molecule has 0 aliphatic heterocycles. The second-order valence-corrected chi connectivity index (χ2v) is 6.13. The largest absolute Gasteiger partial charge is 0.418 e. The van der Waals surface area contributed by atoms with E-state index >= 15 is 0 Å². The molecule has 2 aromatic rings. The van der Waals surface area contributed by atoms with E-state index < -0.39 is 17.6 Å². The summed E-state index contributed by atoms with van der Waals surface area (Å²) in [6, 6.07) is 10.4. The van der Waals surface area contributed by atoms with Gasteiger partial charge in [-0.25, -0.2) is 0 Å². The Labute approximate surface area is 155 Å². The van der Waals surface area contributed by atoms with Gasteiger partial charge in [0.25, 0.3) is 11.8 Å². The van der Waals surface area contributed by atoms with Gasteiger partial charge >= 0.3 is 6.18 Å². The number of hydrogen-bond donors (Lipinski definition) is 2. The van der Waals surface area contributed by atoms with Gasteiger partial charge in [-0.3, -0.25) is 9.59 Å². The molecule has 2 amide bonds. The van der Waals surface area contributed by atoms with E-state index in [-0.39, 0.29) is 17.2 Å². The second kappa shape index (κ2) is 8.68. The van der Waals surface area contributed by atoms with Crippen molar-refractivity contribution in [2.24, 2.45) is 0 Å². The zero-order valence-corrected chi connectivity index (χ0v) is 14.9. The lowest BCUT2D eigenvalue weighted by Gasteiger charge is -2.13. The SMILES string of the molecule is CN(C)CCNC(=O)c1ccc(C(=O)Nc2ccccc2C(F)(F)F)cc1. The minimum Gasteiger partial charge on any atom is -0.351 e. The molecule has 2 N–H and O–H groups in total. The highest BCUT2D eigenvalue weighted by Gasteiger charge is 2.33. The number of rotatable bonds is 6. The van der Waals surface area contributed by atoms with Crippen LogP contribution in [0.2, 0.25) is 0 Å². The average molecular weight is 379 g/mol. The summed E-state index contributed by atoms with van der Waals surface area (Å²) >= 11 is 0. The summed E-state index contributed by atoms with van der Waals surface area (Å²) in [5, 5.41) is 5.00. The molecule has 8 heteroatoms. The Hall–Kier alpha value is -2.87. The van der Waals surface area contributed by atoms with Crippen molar-refractivity contribution in [3.05, 3.63) is 65.2 Å². The van der Waals surface area contributed by atoms with Crippen LogP contribution in [-0.2, 0) is 6.18 Å². The van der Waals surface area contributed by atoms with E-state index in [1.807, 2.05) is 19.0 Å². The highest BCUT2D eigenvalue weighted by atomic mass is 19.4. The van der Waals surface area contributed by atoms with Crippen molar-refractivity contribution in [2.75, 3.05) is 32.5 Å². The fourth-order valence-electron chi connectivity index (χ4n) is 2.30. The number of alkyl halides is 3. The van der Waals surface area contributed by atoms with Gasteiger partial charge in [-0.05, 0) is 50.5 Å². The first-order valence-corrected chi connectivity index (χ1v) is 8.19. The van der Waals surface area contributed by atoms with Gasteiger partial charge in [0.05, 0.1) is 11.3 Å². The molecule has 0 bridgehead atoms. The molecule has 0 aliphatic rings. The molecule has 5 nitrogen and oxygen atoms in total. The predicted molar refractivity (Wildman–Crippen MR) is 96.7 cm³/mol. The van der Waals surface area contributed by atoms with Gasteiger partial charge in [0, 0.05) is 24.2 Å². The zero-order chi connectivity index (χ0) is 20.0. The highest BCUT2D eigenvalue weighted by molar-refractivity contribution is 6.05. The molecule has 2 rings (SSSR count). The second-order valence-electron chi connectivity index (χ2n) is 6.13. The quantitative estimate of drug-likeness (QED) is 0.810. The summed E-state index contributed by atoms with van der Waals surface area (Å²) in [4.78, 5) is 26.2.